The zero-order valence-electron chi connectivity index (χ0n) is 10.5. The van der Waals surface area contributed by atoms with E-state index < -0.39 is 11.7 Å². The van der Waals surface area contributed by atoms with Crippen LogP contribution in [0, 0.1) is 3.57 Å². The molecule has 2 rings (SSSR count). The van der Waals surface area contributed by atoms with Crippen molar-refractivity contribution >= 4 is 51.2 Å². The van der Waals surface area contributed by atoms with Crippen LogP contribution in [0.3, 0.4) is 0 Å². The topological polar surface area (TPSA) is 38.0 Å². The fourth-order valence-corrected chi connectivity index (χ4v) is 2.52. The van der Waals surface area contributed by atoms with Gasteiger partial charge in [0.1, 0.15) is 4.99 Å². The number of nitrogens with one attached hydrogen (secondary N) is 1. The van der Waals surface area contributed by atoms with Crippen LogP contribution in [0.25, 0.3) is 0 Å². The average Bonchev–Trinajstić information content (AvgIpc) is 2.37. The molecule has 7 heteroatoms. The molecule has 3 N–H and O–H groups in total. The Morgan fingerprint density at radius 1 is 1.10 bits per heavy atom. The van der Waals surface area contributed by atoms with Crippen LogP contribution in [-0.4, -0.2) is 4.99 Å². The van der Waals surface area contributed by atoms with Crippen LogP contribution in [0.4, 0.5) is 24.5 Å². The third kappa shape index (κ3) is 4.07. The Hall–Kier alpha value is -1.35. The van der Waals surface area contributed by atoms with E-state index in [1.807, 2.05) is 24.3 Å². The molecule has 0 aliphatic heterocycles. The maximum atomic E-state index is 12.9. The first-order valence-corrected chi connectivity index (χ1v) is 7.30. The van der Waals surface area contributed by atoms with E-state index in [0.29, 0.717) is 5.69 Å². The van der Waals surface area contributed by atoms with E-state index in [4.69, 9.17) is 18.0 Å². The molecule has 2 aromatic rings. The minimum Gasteiger partial charge on any atom is -0.389 e. The second-order valence-electron chi connectivity index (χ2n) is 4.26. The number of nitrogens with two attached hydrogens (primary N) is 1. The highest BCUT2D eigenvalue weighted by molar-refractivity contribution is 14.1. The van der Waals surface area contributed by atoms with Crippen molar-refractivity contribution in [3.63, 3.8) is 0 Å². The van der Waals surface area contributed by atoms with E-state index in [9.17, 15) is 13.2 Å². The number of alkyl halides is 3. The molecule has 0 aliphatic carbocycles. The lowest BCUT2D eigenvalue weighted by atomic mass is 10.1. The summed E-state index contributed by atoms with van der Waals surface area (Å²) in [4.78, 5) is -0.284. The molecule has 0 atom stereocenters. The van der Waals surface area contributed by atoms with Crippen LogP contribution in [0.15, 0.2) is 42.5 Å². The highest BCUT2D eigenvalue weighted by atomic mass is 127. The summed E-state index contributed by atoms with van der Waals surface area (Å²) in [6.07, 6.45) is -4.49. The van der Waals surface area contributed by atoms with Crippen molar-refractivity contribution in [1.82, 2.24) is 0 Å². The van der Waals surface area contributed by atoms with E-state index in [1.165, 1.54) is 12.1 Å². The quantitative estimate of drug-likeness (QED) is 0.557. The Labute approximate surface area is 138 Å². The van der Waals surface area contributed by atoms with Gasteiger partial charge in [0.05, 0.1) is 5.56 Å². The number of hydrogen-bond acceptors (Lipinski definition) is 2. The summed E-state index contributed by atoms with van der Waals surface area (Å²) < 4.78 is 39.7. The molecule has 0 aliphatic rings. The van der Waals surface area contributed by atoms with Crippen LogP contribution in [0.2, 0.25) is 0 Å². The van der Waals surface area contributed by atoms with E-state index in [2.05, 4.69) is 27.9 Å². The number of benzene rings is 2. The lowest BCUT2D eigenvalue weighted by Gasteiger charge is -2.14. The molecule has 2 aromatic carbocycles. The number of halogens is 4. The molecule has 0 saturated heterocycles. The zero-order valence-corrected chi connectivity index (χ0v) is 13.5. The average molecular weight is 422 g/mol. The first-order valence-electron chi connectivity index (χ1n) is 5.81. The van der Waals surface area contributed by atoms with Crippen LogP contribution >= 0.6 is 34.8 Å². The molecule has 0 spiro atoms. The van der Waals surface area contributed by atoms with Crippen molar-refractivity contribution in [1.29, 1.82) is 0 Å². The van der Waals surface area contributed by atoms with Gasteiger partial charge in [0, 0.05) is 20.5 Å². The van der Waals surface area contributed by atoms with Crippen molar-refractivity contribution in [2.24, 2.45) is 5.73 Å². The SMILES string of the molecule is NC(=S)c1cc(Nc2cccc(I)c2)ccc1C(F)(F)F. The second-order valence-corrected chi connectivity index (χ2v) is 5.94. The van der Waals surface area contributed by atoms with Gasteiger partial charge in [-0.2, -0.15) is 13.2 Å². The van der Waals surface area contributed by atoms with Gasteiger partial charge in [-0.25, -0.2) is 0 Å². The maximum absolute atomic E-state index is 12.9. The first kappa shape index (κ1) is 16.0. The summed E-state index contributed by atoms with van der Waals surface area (Å²) in [6, 6.07) is 11.1. The molecule has 0 heterocycles. The summed E-state index contributed by atoms with van der Waals surface area (Å²) in [6.45, 7) is 0. The summed E-state index contributed by atoms with van der Waals surface area (Å²) in [5.74, 6) is 0. The van der Waals surface area contributed by atoms with Crippen LogP contribution < -0.4 is 11.1 Å². The molecule has 21 heavy (non-hydrogen) atoms. The monoisotopic (exact) mass is 422 g/mol. The van der Waals surface area contributed by atoms with Crippen LogP contribution in [0.1, 0.15) is 11.1 Å². The largest absolute Gasteiger partial charge is 0.417 e. The van der Waals surface area contributed by atoms with Crippen molar-refractivity contribution in [2.45, 2.75) is 6.18 Å². The second kappa shape index (κ2) is 6.18. The Kier molecular flexibility index (Phi) is 4.72. The van der Waals surface area contributed by atoms with E-state index in [1.54, 1.807) is 0 Å². The van der Waals surface area contributed by atoms with Crippen LogP contribution in [-0.2, 0) is 6.18 Å². The minimum absolute atomic E-state index is 0.187. The predicted molar refractivity (Wildman–Crippen MR) is 89.8 cm³/mol. The van der Waals surface area contributed by atoms with Crippen molar-refractivity contribution < 1.29 is 13.2 Å². The minimum atomic E-state index is -4.49. The zero-order chi connectivity index (χ0) is 15.6. The molecule has 110 valence electrons. The molecule has 0 aromatic heterocycles. The lowest BCUT2D eigenvalue weighted by molar-refractivity contribution is -0.137. The third-order valence-electron chi connectivity index (χ3n) is 2.70. The Balaban J connectivity index is 2.39. The van der Waals surface area contributed by atoms with Crippen LogP contribution in [0.5, 0.6) is 0 Å². The van der Waals surface area contributed by atoms with Gasteiger partial charge in [0.15, 0.2) is 0 Å². The Morgan fingerprint density at radius 3 is 2.33 bits per heavy atom. The van der Waals surface area contributed by atoms with E-state index >= 15 is 0 Å². The molecular weight excluding hydrogens is 412 g/mol. The smallest absolute Gasteiger partial charge is 0.389 e. The Bertz CT molecular complexity index is 686. The summed E-state index contributed by atoms with van der Waals surface area (Å²) in [7, 11) is 0. The standard InChI is InChI=1S/C14H10F3IN2S/c15-14(16,17)12-5-4-10(7-11(12)13(19)21)20-9-3-1-2-8(18)6-9/h1-7,20H,(H2,19,21). The van der Waals surface area contributed by atoms with Gasteiger partial charge in [0.2, 0.25) is 0 Å². The number of rotatable bonds is 3. The first-order chi connectivity index (χ1) is 9.77. The van der Waals surface area contributed by atoms with E-state index in [-0.39, 0.29) is 10.6 Å². The highest BCUT2D eigenvalue weighted by Crippen LogP contribution is 2.34. The van der Waals surface area contributed by atoms with Gasteiger partial charge < -0.3 is 11.1 Å². The van der Waals surface area contributed by atoms with Crippen molar-refractivity contribution in [3.05, 3.63) is 57.2 Å². The summed E-state index contributed by atoms with van der Waals surface area (Å²) in [5, 5.41) is 3.03. The van der Waals surface area contributed by atoms with Crippen molar-refractivity contribution in [3.8, 4) is 0 Å². The lowest BCUT2D eigenvalue weighted by Crippen LogP contribution is -2.18. The van der Waals surface area contributed by atoms with Gasteiger partial charge in [0.25, 0.3) is 0 Å². The molecule has 0 amide bonds. The number of thiocarbonyl (C=S) groups is 1. The fraction of sp³-hybridized carbons (Fsp3) is 0.0714. The summed E-state index contributed by atoms with van der Waals surface area (Å²) in [5.41, 5.74) is 5.65. The number of hydrogen-bond donors (Lipinski definition) is 2. The molecule has 2 nitrogen and oxygen atoms in total. The van der Waals surface area contributed by atoms with E-state index in [0.717, 1.165) is 15.3 Å². The van der Waals surface area contributed by atoms with Gasteiger partial charge >= 0.3 is 6.18 Å². The predicted octanol–water partition coefficient (Wildman–Crippen LogP) is 4.69. The van der Waals surface area contributed by atoms with Gasteiger partial charge in [-0.05, 0) is 59.0 Å². The Morgan fingerprint density at radius 2 is 1.76 bits per heavy atom. The molecule has 0 unspecified atom stereocenters. The number of anilines is 2. The molecule has 0 radical (unpaired) electrons. The molecular formula is C14H10F3IN2S. The summed E-state index contributed by atoms with van der Waals surface area (Å²) >= 11 is 6.86. The van der Waals surface area contributed by atoms with Crippen molar-refractivity contribution in [2.75, 3.05) is 5.32 Å². The van der Waals surface area contributed by atoms with Gasteiger partial charge in [-0.15, -0.1) is 0 Å². The highest BCUT2D eigenvalue weighted by Gasteiger charge is 2.34. The fourth-order valence-electron chi connectivity index (χ4n) is 1.81. The molecule has 0 fully saturated rings. The normalized spacial score (nSPS) is 11.2. The maximum Gasteiger partial charge on any atom is 0.417 e. The van der Waals surface area contributed by atoms with Gasteiger partial charge in [-0.3, -0.25) is 0 Å². The molecule has 0 saturated carbocycles. The van der Waals surface area contributed by atoms with Gasteiger partial charge in [-0.1, -0.05) is 18.3 Å². The third-order valence-corrected chi connectivity index (χ3v) is 3.59. The molecule has 0 bridgehead atoms.